The van der Waals surface area contributed by atoms with Crippen LogP contribution in [0, 0.1) is 12.8 Å². The van der Waals surface area contributed by atoms with Crippen molar-refractivity contribution in [2.75, 3.05) is 11.9 Å². The van der Waals surface area contributed by atoms with E-state index in [1.165, 1.54) is 30.5 Å². The number of aryl methyl sites for hydroxylation is 1. The van der Waals surface area contributed by atoms with Crippen LogP contribution in [0.15, 0.2) is 18.5 Å². The Kier molecular flexibility index (Phi) is 2.48. The lowest BCUT2D eigenvalue weighted by Gasteiger charge is -2.26. The molecule has 1 aliphatic rings. The van der Waals surface area contributed by atoms with E-state index < -0.39 is 0 Å². The summed E-state index contributed by atoms with van der Waals surface area (Å²) in [6.45, 7) is 3.22. The molecule has 0 radical (unpaired) electrons. The predicted octanol–water partition coefficient (Wildman–Crippen LogP) is 2.60. The van der Waals surface area contributed by atoms with Gasteiger partial charge in [0.1, 0.15) is 0 Å². The number of hydrogen-bond acceptors (Lipinski definition) is 2. The minimum atomic E-state index is 0.910. The van der Waals surface area contributed by atoms with Crippen molar-refractivity contribution in [1.82, 2.24) is 4.98 Å². The van der Waals surface area contributed by atoms with Crippen molar-refractivity contribution in [1.29, 1.82) is 0 Å². The maximum atomic E-state index is 4.07. The van der Waals surface area contributed by atoms with Crippen molar-refractivity contribution in [2.45, 2.75) is 26.2 Å². The zero-order valence-electron chi connectivity index (χ0n) is 8.09. The van der Waals surface area contributed by atoms with Crippen LogP contribution in [0.3, 0.4) is 0 Å². The van der Waals surface area contributed by atoms with Crippen molar-refractivity contribution in [2.24, 2.45) is 5.92 Å². The number of pyridine rings is 1. The van der Waals surface area contributed by atoms with Crippen molar-refractivity contribution < 1.29 is 0 Å². The quantitative estimate of drug-likeness (QED) is 0.765. The van der Waals surface area contributed by atoms with E-state index >= 15 is 0 Å². The number of hydrogen-bond donors (Lipinski definition) is 1. The standard InChI is InChI=1S/C11H16N2/c1-9-7-12-6-5-11(9)13-8-10-3-2-4-10/h5-7,10H,2-4,8H2,1H3,(H,12,13). The van der Waals surface area contributed by atoms with Gasteiger partial charge < -0.3 is 5.32 Å². The normalized spacial score (nSPS) is 16.7. The molecule has 0 bridgehead atoms. The first-order valence-electron chi connectivity index (χ1n) is 5.01. The summed E-state index contributed by atoms with van der Waals surface area (Å²) >= 11 is 0. The van der Waals surface area contributed by atoms with Crippen LogP contribution in [0.2, 0.25) is 0 Å². The highest BCUT2D eigenvalue weighted by atomic mass is 14.9. The highest BCUT2D eigenvalue weighted by Gasteiger charge is 2.16. The maximum absolute atomic E-state index is 4.07. The number of rotatable bonds is 3. The first-order chi connectivity index (χ1) is 6.36. The molecule has 1 aliphatic carbocycles. The summed E-state index contributed by atoms with van der Waals surface area (Å²) in [5.74, 6) is 0.910. The second-order valence-electron chi connectivity index (χ2n) is 3.87. The van der Waals surface area contributed by atoms with Gasteiger partial charge in [-0.15, -0.1) is 0 Å². The van der Waals surface area contributed by atoms with Gasteiger partial charge in [0.05, 0.1) is 0 Å². The van der Waals surface area contributed by atoms with Crippen molar-refractivity contribution in [3.8, 4) is 0 Å². The van der Waals surface area contributed by atoms with Crippen LogP contribution in [0.25, 0.3) is 0 Å². The molecular formula is C11H16N2. The molecule has 2 heteroatoms. The third kappa shape index (κ3) is 2.00. The van der Waals surface area contributed by atoms with E-state index in [0.29, 0.717) is 0 Å². The Morgan fingerprint density at radius 3 is 3.00 bits per heavy atom. The summed E-state index contributed by atoms with van der Waals surface area (Å²) in [5.41, 5.74) is 2.48. The average Bonchev–Trinajstić information content (AvgIpc) is 2.05. The van der Waals surface area contributed by atoms with Crippen LogP contribution < -0.4 is 5.32 Å². The van der Waals surface area contributed by atoms with Crippen LogP contribution in [0.5, 0.6) is 0 Å². The molecule has 0 aromatic carbocycles. The summed E-state index contributed by atoms with van der Waals surface area (Å²) in [5, 5.41) is 3.47. The molecule has 0 atom stereocenters. The molecule has 2 rings (SSSR count). The van der Waals surface area contributed by atoms with E-state index in [2.05, 4.69) is 17.2 Å². The molecule has 1 heterocycles. The molecule has 0 aliphatic heterocycles. The number of aromatic nitrogens is 1. The van der Waals surface area contributed by atoms with Crippen LogP contribution in [-0.4, -0.2) is 11.5 Å². The van der Waals surface area contributed by atoms with E-state index in [9.17, 15) is 0 Å². The zero-order valence-corrected chi connectivity index (χ0v) is 8.09. The molecule has 0 saturated heterocycles. The first-order valence-corrected chi connectivity index (χ1v) is 5.01. The van der Waals surface area contributed by atoms with Gasteiger partial charge in [0.2, 0.25) is 0 Å². The fourth-order valence-electron chi connectivity index (χ4n) is 1.62. The molecule has 0 unspecified atom stereocenters. The average molecular weight is 176 g/mol. The molecule has 1 aromatic heterocycles. The molecule has 0 amide bonds. The molecule has 1 saturated carbocycles. The summed E-state index contributed by atoms with van der Waals surface area (Å²) in [7, 11) is 0. The van der Waals surface area contributed by atoms with Gasteiger partial charge in [-0.05, 0) is 37.3 Å². The topological polar surface area (TPSA) is 24.9 Å². The van der Waals surface area contributed by atoms with Crippen LogP contribution >= 0.6 is 0 Å². The van der Waals surface area contributed by atoms with Crippen molar-refractivity contribution in [3.05, 3.63) is 24.0 Å². The Bertz CT molecular complexity index is 279. The number of anilines is 1. The predicted molar refractivity (Wildman–Crippen MR) is 54.8 cm³/mol. The number of nitrogens with zero attached hydrogens (tertiary/aromatic N) is 1. The van der Waals surface area contributed by atoms with E-state index in [0.717, 1.165) is 12.5 Å². The lowest BCUT2D eigenvalue weighted by molar-refractivity contribution is 0.333. The lowest BCUT2D eigenvalue weighted by Crippen LogP contribution is -2.21. The largest absolute Gasteiger partial charge is 0.384 e. The van der Waals surface area contributed by atoms with Gasteiger partial charge in [-0.25, -0.2) is 0 Å². The van der Waals surface area contributed by atoms with Gasteiger partial charge in [0.15, 0.2) is 0 Å². The second-order valence-corrected chi connectivity index (χ2v) is 3.87. The minimum Gasteiger partial charge on any atom is -0.384 e. The fraction of sp³-hybridized carbons (Fsp3) is 0.545. The SMILES string of the molecule is Cc1cnccc1NCC1CCC1. The molecule has 2 nitrogen and oxygen atoms in total. The first kappa shape index (κ1) is 8.54. The fourth-order valence-corrected chi connectivity index (χ4v) is 1.62. The Labute approximate surface area is 79.4 Å². The molecule has 70 valence electrons. The third-order valence-electron chi connectivity index (χ3n) is 2.83. The summed E-state index contributed by atoms with van der Waals surface area (Å²) in [6.07, 6.45) is 7.97. The van der Waals surface area contributed by atoms with Gasteiger partial charge in [0.25, 0.3) is 0 Å². The van der Waals surface area contributed by atoms with E-state index in [1.807, 2.05) is 18.5 Å². The van der Waals surface area contributed by atoms with Gasteiger partial charge in [-0.2, -0.15) is 0 Å². The molecule has 1 fully saturated rings. The molecular weight excluding hydrogens is 160 g/mol. The Balaban J connectivity index is 1.89. The van der Waals surface area contributed by atoms with Crippen LogP contribution in [0.1, 0.15) is 24.8 Å². The van der Waals surface area contributed by atoms with Gasteiger partial charge in [-0.1, -0.05) is 6.42 Å². The summed E-state index contributed by atoms with van der Waals surface area (Å²) < 4.78 is 0. The monoisotopic (exact) mass is 176 g/mol. The van der Waals surface area contributed by atoms with Gasteiger partial charge in [-0.3, -0.25) is 4.98 Å². The number of nitrogens with one attached hydrogen (secondary N) is 1. The molecule has 1 aromatic rings. The summed E-state index contributed by atoms with van der Waals surface area (Å²) in [4.78, 5) is 4.07. The van der Waals surface area contributed by atoms with E-state index in [-0.39, 0.29) is 0 Å². The highest BCUT2D eigenvalue weighted by molar-refractivity contribution is 5.48. The molecule has 0 spiro atoms. The minimum absolute atomic E-state index is 0.910. The maximum Gasteiger partial charge on any atom is 0.0400 e. The Morgan fingerprint density at radius 1 is 1.54 bits per heavy atom. The zero-order chi connectivity index (χ0) is 9.10. The lowest BCUT2D eigenvalue weighted by atomic mass is 9.85. The third-order valence-corrected chi connectivity index (χ3v) is 2.83. The van der Waals surface area contributed by atoms with Crippen LogP contribution in [0.4, 0.5) is 5.69 Å². The van der Waals surface area contributed by atoms with E-state index in [1.54, 1.807) is 0 Å². The van der Waals surface area contributed by atoms with Gasteiger partial charge in [0, 0.05) is 24.6 Å². The molecule has 1 N–H and O–H groups in total. The van der Waals surface area contributed by atoms with E-state index in [4.69, 9.17) is 0 Å². The summed E-state index contributed by atoms with van der Waals surface area (Å²) in [6, 6.07) is 2.05. The highest BCUT2D eigenvalue weighted by Crippen LogP contribution is 2.26. The Morgan fingerprint density at radius 2 is 2.38 bits per heavy atom. The van der Waals surface area contributed by atoms with Crippen molar-refractivity contribution in [3.63, 3.8) is 0 Å². The molecule has 13 heavy (non-hydrogen) atoms. The smallest absolute Gasteiger partial charge is 0.0400 e. The van der Waals surface area contributed by atoms with Crippen LogP contribution in [-0.2, 0) is 0 Å². The van der Waals surface area contributed by atoms with Crippen molar-refractivity contribution >= 4 is 5.69 Å². The van der Waals surface area contributed by atoms with Gasteiger partial charge >= 0.3 is 0 Å². The second kappa shape index (κ2) is 3.77. The Hall–Kier alpha value is -1.05.